The lowest BCUT2D eigenvalue weighted by Crippen LogP contribution is -2.48. The molecule has 0 radical (unpaired) electrons. The molecule has 2 rings (SSSR count). The third-order valence-corrected chi connectivity index (χ3v) is 4.88. The second kappa shape index (κ2) is 5.09. The number of hydrogen-bond donors (Lipinski definition) is 1. The zero-order valence-electron chi connectivity index (χ0n) is 9.50. The van der Waals surface area contributed by atoms with Crippen molar-refractivity contribution in [1.29, 1.82) is 5.26 Å². The Hall–Kier alpha value is -0.690. The molecule has 1 heterocycles. The number of nitrogens with one attached hydrogen (secondary N) is 1. The zero-order valence-corrected chi connectivity index (χ0v) is 10.3. The normalized spacial score (nSPS) is 28.3. The quantitative estimate of drug-likeness (QED) is 0.802. The molecule has 1 amide bonds. The number of carbonyl (C=O) groups excluding carboxylic acids is 1. The van der Waals surface area contributed by atoms with Gasteiger partial charge in [-0.25, -0.2) is 0 Å². The number of nitrogens with zero attached hydrogens (tertiary/aromatic N) is 1. The third kappa shape index (κ3) is 2.52. The van der Waals surface area contributed by atoms with Gasteiger partial charge in [-0.3, -0.25) is 4.79 Å². The van der Waals surface area contributed by atoms with Gasteiger partial charge in [0.15, 0.2) is 0 Å². The van der Waals surface area contributed by atoms with E-state index in [1.165, 1.54) is 6.42 Å². The SMILES string of the molecule is N#CC1(NC(=O)C2CCCCS2)CCCC1. The van der Waals surface area contributed by atoms with Gasteiger partial charge in [0.2, 0.25) is 5.91 Å². The molecule has 3 nitrogen and oxygen atoms in total. The number of amides is 1. The molecule has 1 atom stereocenters. The first kappa shape index (κ1) is 11.8. The van der Waals surface area contributed by atoms with Crippen LogP contribution in [0, 0.1) is 11.3 Å². The molecule has 1 aliphatic carbocycles. The first-order valence-electron chi connectivity index (χ1n) is 6.11. The Bertz CT molecular complexity index is 299. The first-order valence-corrected chi connectivity index (χ1v) is 7.15. The lowest BCUT2D eigenvalue weighted by atomic mass is 9.99. The molecule has 1 N–H and O–H groups in total. The number of rotatable bonds is 2. The van der Waals surface area contributed by atoms with Crippen molar-refractivity contribution < 1.29 is 4.79 Å². The summed E-state index contributed by atoms with van der Waals surface area (Å²) in [6.45, 7) is 0. The summed E-state index contributed by atoms with van der Waals surface area (Å²) in [6.07, 6.45) is 7.11. The summed E-state index contributed by atoms with van der Waals surface area (Å²) in [5.41, 5.74) is -0.547. The van der Waals surface area contributed by atoms with E-state index >= 15 is 0 Å². The van der Waals surface area contributed by atoms with Crippen molar-refractivity contribution >= 4 is 17.7 Å². The third-order valence-electron chi connectivity index (χ3n) is 3.51. The van der Waals surface area contributed by atoms with Crippen molar-refractivity contribution in [3.8, 4) is 6.07 Å². The average molecular weight is 238 g/mol. The molecule has 1 unspecified atom stereocenters. The molecule has 2 fully saturated rings. The van der Waals surface area contributed by atoms with Crippen molar-refractivity contribution in [2.45, 2.75) is 55.7 Å². The molecule has 0 aromatic rings. The van der Waals surface area contributed by atoms with Crippen molar-refractivity contribution in [1.82, 2.24) is 5.32 Å². The lowest BCUT2D eigenvalue weighted by molar-refractivity contribution is -0.122. The zero-order chi connectivity index (χ0) is 11.4. The molecule has 0 aromatic carbocycles. The molecule has 2 aliphatic rings. The fourth-order valence-corrected chi connectivity index (χ4v) is 3.71. The predicted octanol–water partition coefficient (Wildman–Crippen LogP) is 2.22. The summed E-state index contributed by atoms with van der Waals surface area (Å²) in [5, 5.41) is 12.3. The summed E-state index contributed by atoms with van der Waals surface area (Å²) < 4.78 is 0. The van der Waals surface area contributed by atoms with Crippen LogP contribution in [0.5, 0.6) is 0 Å². The number of nitriles is 1. The Kier molecular flexibility index (Phi) is 3.75. The molecule has 0 aromatic heterocycles. The highest BCUT2D eigenvalue weighted by atomic mass is 32.2. The van der Waals surface area contributed by atoms with Crippen LogP contribution in [0.15, 0.2) is 0 Å². The number of hydrogen-bond acceptors (Lipinski definition) is 3. The second-order valence-electron chi connectivity index (χ2n) is 4.75. The van der Waals surface area contributed by atoms with Gasteiger partial charge in [-0.1, -0.05) is 6.42 Å². The van der Waals surface area contributed by atoms with E-state index in [0.717, 1.165) is 44.3 Å². The van der Waals surface area contributed by atoms with Gasteiger partial charge >= 0.3 is 0 Å². The Labute approximate surface area is 101 Å². The van der Waals surface area contributed by atoms with Gasteiger partial charge in [0.25, 0.3) is 0 Å². The molecule has 1 saturated carbocycles. The van der Waals surface area contributed by atoms with Gasteiger partial charge in [-0.05, 0) is 44.3 Å². The highest BCUT2D eigenvalue weighted by Gasteiger charge is 2.37. The topological polar surface area (TPSA) is 52.9 Å². The van der Waals surface area contributed by atoms with Crippen LogP contribution in [-0.4, -0.2) is 22.4 Å². The first-order chi connectivity index (χ1) is 7.76. The number of carbonyl (C=O) groups is 1. The van der Waals surface area contributed by atoms with Crippen LogP contribution in [0.25, 0.3) is 0 Å². The van der Waals surface area contributed by atoms with Crippen LogP contribution in [0.4, 0.5) is 0 Å². The summed E-state index contributed by atoms with van der Waals surface area (Å²) in [6, 6.07) is 2.31. The monoisotopic (exact) mass is 238 g/mol. The maximum Gasteiger partial charge on any atom is 0.234 e. The molecular formula is C12H18N2OS. The predicted molar refractivity (Wildman–Crippen MR) is 65.1 cm³/mol. The van der Waals surface area contributed by atoms with Crippen LogP contribution in [0.3, 0.4) is 0 Å². The lowest BCUT2D eigenvalue weighted by Gasteiger charge is -2.27. The second-order valence-corrected chi connectivity index (χ2v) is 6.06. The standard InChI is InChI=1S/C12H18N2OS/c13-9-12(6-2-3-7-12)14-11(15)10-5-1-4-8-16-10/h10H,1-8H2,(H,14,15). The van der Waals surface area contributed by atoms with E-state index in [0.29, 0.717) is 0 Å². The van der Waals surface area contributed by atoms with Gasteiger partial charge in [0.05, 0.1) is 11.3 Å². The minimum Gasteiger partial charge on any atom is -0.337 e. The van der Waals surface area contributed by atoms with Crippen LogP contribution in [0.2, 0.25) is 0 Å². The van der Waals surface area contributed by atoms with E-state index in [1.807, 2.05) is 0 Å². The average Bonchev–Trinajstić information content (AvgIpc) is 2.79. The van der Waals surface area contributed by atoms with Crippen LogP contribution < -0.4 is 5.32 Å². The summed E-state index contributed by atoms with van der Waals surface area (Å²) >= 11 is 1.74. The minimum absolute atomic E-state index is 0.0829. The minimum atomic E-state index is -0.547. The summed E-state index contributed by atoms with van der Waals surface area (Å²) in [4.78, 5) is 12.0. The van der Waals surface area contributed by atoms with Crippen molar-refractivity contribution in [2.75, 3.05) is 5.75 Å². The molecule has 16 heavy (non-hydrogen) atoms. The Morgan fingerprint density at radius 2 is 2.06 bits per heavy atom. The molecule has 4 heteroatoms. The van der Waals surface area contributed by atoms with Gasteiger partial charge < -0.3 is 5.32 Å². The number of thioether (sulfide) groups is 1. The Morgan fingerprint density at radius 3 is 2.62 bits per heavy atom. The molecule has 1 saturated heterocycles. The van der Waals surface area contributed by atoms with E-state index in [9.17, 15) is 10.1 Å². The van der Waals surface area contributed by atoms with Gasteiger partial charge in [0, 0.05) is 0 Å². The fourth-order valence-electron chi connectivity index (χ4n) is 2.51. The van der Waals surface area contributed by atoms with E-state index in [1.54, 1.807) is 11.8 Å². The van der Waals surface area contributed by atoms with Crippen LogP contribution in [0.1, 0.15) is 44.9 Å². The van der Waals surface area contributed by atoms with Crippen LogP contribution in [-0.2, 0) is 4.79 Å². The van der Waals surface area contributed by atoms with E-state index in [4.69, 9.17) is 0 Å². The fraction of sp³-hybridized carbons (Fsp3) is 0.833. The van der Waals surface area contributed by atoms with Gasteiger partial charge in [0.1, 0.15) is 5.54 Å². The summed E-state index contributed by atoms with van der Waals surface area (Å²) in [7, 11) is 0. The van der Waals surface area contributed by atoms with E-state index < -0.39 is 5.54 Å². The van der Waals surface area contributed by atoms with Crippen molar-refractivity contribution in [3.05, 3.63) is 0 Å². The maximum atomic E-state index is 12.0. The van der Waals surface area contributed by atoms with Crippen molar-refractivity contribution in [3.63, 3.8) is 0 Å². The largest absolute Gasteiger partial charge is 0.337 e. The molecule has 1 aliphatic heterocycles. The Balaban J connectivity index is 1.92. The smallest absolute Gasteiger partial charge is 0.234 e. The van der Waals surface area contributed by atoms with Crippen LogP contribution >= 0.6 is 11.8 Å². The molecular weight excluding hydrogens is 220 g/mol. The maximum absolute atomic E-state index is 12.0. The Morgan fingerprint density at radius 1 is 1.31 bits per heavy atom. The molecule has 88 valence electrons. The van der Waals surface area contributed by atoms with Gasteiger partial charge in [-0.15, -0.1) is 11.8 Å². The summed E-state index contributed by atoms with van der Waals surface area (Å²) in [5.74, 6) is 1.17. The highest BCUT2D eigenvalue weighted by Crippen LogP contribution is 2.31. The highest BCUT2D eigenvalue weighted by molar-refractivity contribution is 8.00. The van der Waals surface area contributed by atoms with E-state index in [2.05, 4.69) is 11.4 Å². The molecule has 0 spiro atoms. The molecule has 0 bridgehead atoms. The van der Waals surface area contributed by atoms with Crippen molar-refractivity contribution in [2.24, 2.45) is 0 Å². The van der Waals surface area contributed by atoms with E-state index in [-0.39, 0.29) is 11.2 Å². The van der Waals surface area contributed by atoms with Gasteiger partial charge in [-0.2, -0.15) is 5.26 Å².